The van der Waals surface area contributed by atoms with Gasteiger partial charge in [-0.05, 0) is 36.6 Å². The highest BCUT2D eigenvalue weighted by molar-refractivity contribution is 6.05. The molecule has 0 aliphatic carbocycles. The van der Waals surface area contributed by atoms with Crippen LogP contribution in [0.1, 0.15) is 17.5 Å². The minimum Gasteiger partial charge on any atom is -0.472 e. The third-order valence-electron chi connectivity index (χ3n) is 3.22. The molecule has 1 aromatic carbocycles. The Bertz CT molecular complexity index is 730. The average Bonchev–Trinajstić information content (AvgIpc) is 3.02. The molecule has 1 aromatic heterocycles. The van der Waals surface area contributed by atoms with Gasteiger partial charge in [-0.25, -0.2) is 4.39 Å². The second-order valence-corrected chi connectivity index (χ2v) is 4.87. The minimum absolute atomic E-state index is 0.246. The van der Waals surface area contributed by atoms with E-state index >= 15 is 0 Å². The van der Waals surface area contributed by atoms with E-state index in [9.17, 15) is 9.18 Å². The maximum Gasteiger partial charge on any atom is 0.278 e. The third-order valence-corrected chi connectivity index (χ3v) is 3.22. The van der Waals surface area contributed by atoms with Crippen molar-refractivity contribution < 1.29 is 13.6 Å². The summed E-state index contributed by atoms with van der Waals surface area (Å²) in [5, 5.41) is 0. The summed E-state index contributed by atoms with van der Waals surface area (Å²) < 4.78 is 17.9. The number of guanidine groups is 1. The second kappa shape index (κ2) is 7.26. The normalized spacial score (nSPS) is 11.7. The lowest BCUT2D eigenvalue weighted by molar-refractivity contribution is -0.114. The van der Waals surface area contributed by atoms with Gasteiger partial charge in [0.15, 0.2) is 5.96 Å². The number of furan rings is 1. The van der Waals surface area contributed by atoms with Gasteiger partial charge in [0.1, 0.15) is 5.82 Å². The zero-order valence-electron chi connectivity index (χ0n) is 12.3. The molecule has 0 radical (unpaired) electrons. The van der Waals surface area contributed by atoms with E-state index in [1.165, 1.54) is 24.7 Å². The van der Waals surface area contributed by atoms with E-state index in [-0.39, 0.29) is 23.0 Å². The summed E-state index contributed by atoms with van der Waals surface area (Å²) in [5.74, 6) is -1.26. The molecule has 7 heteroatoms. The molecule has 1 amide bonds. The van der Waals surface area contributed by atoms with Crippen molar-refractivity contribution in [2.45, 2.75) is 12.8 Å². The molecule has 0 fully saturated rings. The van der Waals surface area contributed by atoms with Crippen molar-refractivity contribution in [2.75, 3.05) is 0 Å². The Morgan fingerprint density at radius 1 is 1.13 bits per heavy atom. The standard InChI is InChI=1S/C16H17FN4O2/c17-12-4-1-10(2-5-12)3-6-13(15(22)21-16(19)20)14(18)11-7-8-23-9-11/h1-2,4-5,7-9H,3,6,18H2,(H4,19,20,21,22). The van der Waals surface area contributed by atoms with E-state index < -0.39 is 5.91 Å². The van der Waals surface area contributed by atoms with E-state index in [0.717, 1.165) is 5.56 Å². The second-order valence-electron chi connectivity index (χ2n) is 4.87. The van der Waals surface area contributed by atoms with Crippen LogP contribution in [0.5, 0.6) is 0 Å². The van der Waals surface area contributed by atoms with Crippen molar-refractivity contribution in [2.24, 2.45) is 22.2 Å². The molecule has 1 heterocycles. The van der Waals surface area contributed by atoms with Crippen LogP contribution in [0.2, 0.25) is 0 Å². The van der Waals surface area contributed by atoms with Crippen LogP contribution in [-0.2, 0) is 11.2 Å². The van der Waals surface area contributed by atoms with Crippen LogP contribution in [0, 0.1) is 5.82 Å². The van der Waals surface area contributed by atoms with E-state index in [0.29, 0.717) is 18.4 Å². The average molecular weight is 316 g/mol. The zero-order chi connectivity index (χ0) is 16.8. The van der Waals surface area contributed by atoms with Crippen LogP contribution < -0.4 is 17.2 Å². The first kappa shape index (κ1) is 16.3. The maximum atomic E-state index is 12.9. The first-order valence-corrected chi connectivity index (χ1v) is 6.87. The van der Waals surface area contributed by atoms with Crippen LogP contribution in [0.25, 0.3) is 5.70 Å². The van der Waals surface area contributed by atoms with Gasteiger partial charge in [-0.1, -0.05) is 12.1 Å². The summed E-state index contributed by atoms with van der Waals surface area (Å²) >= 11 is 0. The van der Waals surface area contributed by atoms with E-state index in [1.54, 1.807) is 18.2 Å². The monoisotopic (exact) mass is 316 g/mol. The lowest BCUT2D eigenvalue weighted by Crippen LogP contribution is -2.25. The van der Waals surface area contributed by atoms with Crippen molar-refractivity contribution in [1.82, 2.24) is 0 Å². The first-order chi connectivity index (χ1) is 11.0. The molecule has 120 valence electrons. The fourth-order valence-electron chi connectivity index (χ4n) is 2.05. The van der Waals surface area contributed by atoms with Gasteiger partial charge in [-0.15, -0.1) is 0 Å². The topological polar surface area (TPSA) is 121 Å². The Morgan fingerprint density at radius 2 is 1.83 bits per heavy atom. The SMILES string of the molecule is NC(N)=NC(=O)C(CCc1ccc(F)cc1)=C(N)c1ccoc1. The molecular weight excluding hydrogens is 299 g/mol. The number of nitrogens with zero attached hydrogens (tertiary/aromatic N) is 1. The molecule has 0 saturated heterocycles. The Morgan fingerprint density at radius 3 is 2.39 bits per heavy atom. The highest BCUT2D eigenvalue weighted by atomic mass is 19.1. The summed E-state index contributed by atoms with van der Waals surface area (Å²) in [4.78, 5) is 15.7. The summed E-state index contributed by atoms with van der Waals surface area (Å²) in [6.45, 7) is 0. The van der Waals surface area contributed by atoms with Crippen LogP contribution in [0.15, 0.2) is 57.8 Å². The quantitative estimate of drug-likeness (QED) is 0.439. The molecule has 0 atom stereocenters. The fraction of sp³-hybridized carbons (Fsp3) is 0.125. The van der Waals surface area contributed by atoms with Crippen LogP contribution in [-0.4, -0.2) is 11.9 Å². The molecular formula is C16H17FN4O2. The molecule has 0 bridgehead atoms. The number of hydrogen-bond donors (Lipinski definition) is 3. The smallest absolute Gasteiger partial charge is 0.278 e. The van der Waals surface area contributed by atoms with Gasteiger partial charge >= 0.3 is 0 Å². The van der Waals surface area contributed by atoms with Crippen molar-refractivity contribution in [3.63, 3.8) is 0 Å². The number of rotatable bonds is 5. The van der Waals surface area contributed by atoms with Crippen LogP contribution in [0.4, 0.5) is 4.39 Å². The molecule has 0 saturated carbocycles. The Hall–Kier alpha value is -3.09. The largest absolute Gasteiger partial charge is 0.472 e. The van der Waals surface area contributed by atoms with Gasteiger partial charge < -0.3 is 21.6 Å². The molecule has 2 aromatic rings. The number of aryl methyl sites for hydroxylation is 1. The number of carbonyl (C=O) groups is 1. The van der Waals surface area contributed by atoms with E-state index in [4.69, 9.17) is 21.6 Å². The van der Waals surface area contributed by atoms with Gasteiger partial charge in [-0.3, -0.25) is 4.79 Å². The number of hydrogen-bond acceptors (Lipinski definition) is 3. The number of nitrogens with two attached hydrogens (primary N) is 3. The molecule has 0 spiro atoms. The predicted octanol–water partition coefficient (Wildman–Crippen LogP) is 1.52. The number of carbonyl (C=O) groups excluding carboxylic acids is 1. The summed E-state index contributed by atoms with van der Waals surface area (Å²) in [7, 11) is 0. The molecule has 2 rings (SSSR count). The Labute approximate surface area is 132 Å². The van der Waals surface area contributed by atoms with Crippen LogP contribution in [0.3, 0.4) is 0 Å². The number of benzene rings is 1. The summed E-state index contributed by atoms with van der Waals surface area (Å²) in [5.41, 5.74) is 18.5. The highest BCUT2D eigenvalue weighted by Crippen LogP contribution is 2.20. The number of halogens is 1. The van der Waals surface area contributed by atoms with Crippen molar-refractivity contribution >= 4 is 17.6 Å². The summed E-state index contributed by atoms with van der Waals surface area (Å²) in [6, 6.07) is 7.64. The highest BCUT2D eigenvalue weighted by Gasteiger charge is 2.16. The number of aliphatic imine (C=N–C) groups is 1. The molecule has 6 nitrogen and oxygen atoms in total. The van der Waals surface area contributed by atoms with E-state index in [1.807, 2.05) is 0 Å². The molecule has 23 heavy (non-hydrogen) atoms. The minimum atomic E-state index is -0.606. The lowest BCUT2D eigenvalue weighted by Gasteiger charge is -2.08. The van der Waals surface area contributed by atoms with Gasteiger partial charge in [0.05, 0.1) is 18.2 Å². The van der Waals surface area contributed by atoms with Crippen molar-refractivity contribution in [3.8, 4) is 0 Å². The fourth-order valence-corrected chi connectivity index (χ4v) is 2.05. The molecule has 6 N–H and O–H groups in total. The van der Waals surface area contributed by atoms with Crippen molar-refractivity contribution in [1.29, 1.82) is 0 Å². The summed E-state index contributed by atoms with van der Waals surface area (Å²) in [6.07, 6.45) is 3.67. The van der Waals surface area contributed by atoms with Gasteiger partial charge in [-0.2, -0.15) is 4.99 Å². The lowest BCUT2D eigenvalue weighted by atomic mass is 10.0. The molecule has 0 aliphatic heterocycles. The number of amides is 1. The Kier molecular flexibility index (Phi) is 5.14. The molecule has 0 aliphatic rings. The van der Waals surface area contributed by atoms with Gasteiger partial charge in [0, 0.05) is 11.1 Å². The van der Waals surface area contributed by atoms with E-state index in [2.05, 4.69) is 4.99 Å². The Balaban J connectivity index is 2.27. The van der Waals surface area contributed by atoms with Crippen LogP contribution >= 0.6 is 0 Å². The van der Waals surface area contributed by atoms with Gasteiger partial charge in [0.2, 0.25) is 0 Å². The predicted molar refractivity (Wildman–Crippen MR) is 85.4 cm³/mol. The maximum absolute atomic E-state index is 12.9. The molecule has 0 unspecified atom stereocenters. The van der Waals surface area contributed by atoms with Crippen molar-refractivity contribution in [3.05, 3.63) is 65.4 Å². The first-order valence-electron chi connectivity index (χ1n) is 6.87. The zero-order valence-corrected chi connectivity index (χ0v) is 12.3. The third kappa shape index (κ3) is 4.44. The van der Waals surface area contributed by atoms with Gasteiger partial charge in [0.25, 0.3) is 5.91 Å².